The van der Waals surface area contributed by atoms with Crippen molar-refractivity contribution < 1.29 is 37.9 Å². The molecule has 0 amide bonds. The topological polar surface area (TPSA) is 85.3 Å². The molecule has 105 heavy (non-hydrogen) atoms. The van der Waals surface area contributed by atoms with Crippen LogP contribution in [0.3, 0.4) is 0 Å². The summed E-state index contributed by atoms with van der Waals surface area (Å²) in [5.41, 5.74) is 25.6. The summed E-state index contributed by atoms with van der Waals surface area (Å²) in [6, 6.07) is 105. The van der Waals surface area contributed by atoms with Crippen molar-refractivity contribution >= 4 is 55.9 Å². The summed E-state index contributed by atoms with van der Waals surface area (Å²) in [7, 11) is 6.89. The first-order valence-corrected chi connectivity index (χ1v) is 36.8. The largest absolute Gasteiger partial charge is 0.382 e. The van der Waals surface area contributed by atoms with E-state index in [2.05, 4.69) is 299 Å². The maximum Gasteiger partial charge on any atom is 0.0700 e. The molecule has 0 atom stereocenters. The fourth-order valence-corrected chi connectivity index (χ4v) is 16.4. The van der Waals surface area contributed by atoms with Gasteiger partial charge in [-0.25, -0.2) is 0 Å². The van der Waals surface area contributed by atoms with Gasteiger partial charge in [0.1, 0.15) is 0 Å². The maximum absolute atomic E-state index is 6.43. The van der Waals surface area contributed by atoms with Crippen LogP contribution in [0.2, 0.25) is 0 Å². The predicted molar refractivity (Wildman–Crippen MR) is 428 cm³/mol. The van der Waals surface area contributed by atoms with Crippen molar-refractivity contribution in [2.75, 3.05) is 118 Å². The SMILES string of the molecule is COCCOCCC1(CCOCCOC)c2ccccc2-c2ccc(N(c3ccc(-c4ccc5c(c4)c4ccccc4n5-c4ccc(N(c5ccccc5)c5ccccc5-c5ccccc5)cc4)c(-c4ccccc4)c3)c3ccc4c(c3)C(CCOCCOC)(CCOCCOC)c3ccccc3-4)cc21. The normalized spacial score (nSPS) is 13.1. The van der Waals surface area contributed by atoms with Crippen LogP contribution in [-0.2, 0) is 48.7 Å². The van der Waals surface area contributed by atoms with Crippen molar-refractivity contribution in [3.05, 3.63) is 307 Å². The number of aromatic nitrogens is 1. The zero-order valence-corrected chi connectivity index (χ0v) is 60.6. The second kappa shape index (κ2) is 32.8. The molecule has 0 radical (unpaired) electrons. The lowest BCUT2D eigenvalue weighted by atomic mass is 9.73. The second-order valence-corrected chi connectivity index (χ2v) is 27.2. The number of anilines is 6. The van der Waals surface area contributed by atoms with E-state index in [9.17, 15) is 0 Å². The molecule has 0 spiro atoms. The van der Waals surface area contributed by atoms with Crippen molar-refractivity contribution in [1.29, 1.82) is 0 Å². The Kier molecular flexibility index (Phi) is 22.0. The molecule has 530 valence electrons. The van der Waals surface area contributed by atoms with Crippen LogP contribution in [0, 0.1) is 0 Å². The van der Waals surface area contributed by atoms with Gasteiger partial charge in [0.2, 0.25) is 0 Å². The highest BCUT2D eigenvalue weighted by atomic mass is 16.5. The first kappa shape index (κ1) is 70.4. The number of hydrogen-bond acceptors (Lipinski definition) is 10. The molecule has 1 aromatic heterocycles. The number of benzene rings is 12. The van der Waals surface area contributed by atoms with E-state index in [1.165, 1.54) is 60.8 Å². The van der Waals surface area contributed by atoms with E-state index in [1.54, 1.807) is 28.4 Å². The van der Waals surface area contributed by atoms with E-state index in [4.69, 9.17) is 37.9 Å². The van der Waals surface area contributed by atoms with Crippen molar-refractivity contribution in [2.45, 2.75) is 36.5 Å². The summed E-state index contributed by atoms with van der Waals surface area (Å²) in [6.45, 7) is 6.30. The van der Waals surface area contributed by atoms with Crippen LogP contribution >= 0.6 is 0 Å². The molecule has 1 heterocycles. The molecule has 0 aliphatic heterocycles. The van der Waals surface area contributed by atoms with Gasteiger partial charge in [-0.05, 0) is 195 Å². The zero-order chi connectivity index (χ0) is 71.4. The number of ether oxygens (including phenoxy) is 8. The third kappa shape index (κ3) is 14.2. The highest BCUT2D eigenvalue weighted by Crippen LogP contribution is 2.58. The number of methoxy groups -OCH3 is 4. The van der Waals surface area contributed by atoms with E-state index in [0.29, 0.717) is 79.3 Å². The third-order valence-corrected chi connectivity index (χ3v) is 21.4. The number of fused-ring (bicyclic) bond motifs is 9. The standard InChI is InChI=1S/C94H91N3O8/c1-98-56-60-102-52-48-93(49-53-103-61-57-99-2)86-32-18-14-29-79(86)81-45-42-75(66-88(81)93)95(76-43-46-82-80-30-15-19-33-87(80)94(89(82)67-76,50-54-104-62-58-100-3)51-55-105-63-59-101-4)74-41-44-77(84(65-74)69-24-10-6-11-25-69)70-36-47-92-85(64-70)83-31-17-21-35-91(83)97(92)73-39-37-72(38-40-73)96(71-26-12-7-13-27-71)90-34-20-16-28-78(90)68-22-8-5-9-23-68/h5-47,64-67H,48-63H2,1-4H3. The highest BCUT2D eigenvalue weighted by Gasteiger charge is 2.45. The molecule has 0 fully saturated rings. The highest BCUT2D eigenvalue weighted by molar-refractivity contribution is 6.11. The zero-order valence-electron chi connectivity index (χ0n) is 60.6. The van der Waals surface area contributed by atoms with Gasteiger partial charge in [-0.2, -0.15) is 0 Å². The quantitative estimate of drug-likeness (QED) is 0.0364. The van der Waals surface area contributed by atoms with Crippen molar-refractivity contribution in [2.24, 2.45) is 0 Å². The Bertz CT molecular complexity index is 4920. The molecular weight excluding hydrogens is 1300 g/mol. The molecule has 12 aromatic carbocycles. The van der Waals surface area contributed by atoms with Gasteiger partial charge in [0.25, 0.3) is 0 Å². The van der Waals surface area contributed by atoms with Crippen LogP contribution in [0.4, 0.5) is 34.1 Å². The lowest BCUT2D eigenvalue weighted by Gasteiger charge is -2.35. The van der Waals surface area contributed by atoms with Gasteiger partial charge in [0.15, 0.2) is 0 Å². The molecule has 0 saturated carbocycles. The van der Waals surface area contributed by atoms with Gasteiger partial charge < -0.3 is 52.3 Å². The maximum atomic E-state index is 6.43. The van der Waals surface area contributed by atoms with Crippen LogP contribution in [0.25, 0.3) is 83.1 Å². The van der Waals surface area contributed by atoms with Gasteiger partial charge in [-0.15, -0.1) is 0 Å². The number of hydrogen-bond donors (Lipinski definition) is 0. The minimum absolute atomic E-state index is 0.447. The third-order valence-electron chi connectivity index (χ3n) is 21.4. The van der Waals surface area contributed by atoms with Crippen molar-refractivity contribution in [3.63, 3.8) is 0 Å². The Morgan fingerprint density at radius 3 is 1.18 bits per heavy atom. The molecule has 11 heteroatoms. The fraction of sp³-hybridized carbons (Fsp3) is 0.234. The van der Waals surface area contributed by atoms with Crippen LogP contribution in [0.1, 0.15) is 47.9 Å². The van der Waals surface area contributed by atoms with E-state index in [-0.39, 0.29) is 0 Å². The summed E-state index contributed by atoms with van der Waals surface area (Å²) in [5.74, 6) is 0. The minimum atomic E-state index is -0.447. The molecule has 15 rings (SSSR count). The van der Waals surface area contributed by atoms with Crippen LogP contribution in [0.5, 0.6) is 0 Å². The van der Waals surface area contributed by atoms with Crippen LogP contribution in [0.15, 0.2) is 285 Å². The van der Waals surface area contributed by atoms with E-state index >= 15 is 0 Å². The predicted octanol–water partition coefficient (Wildman–Crippen LogP) is 21.5. The summed E-state index contributed by atoms with van der Waals surface area (Å²) in [4.78, 5) is 4.86. The van der Waals surface area contributed by atoms with Crippen molar-refractivity contribution in [1.82, 2.24) is 4.57 Å². The summed E-state index contributed by atoms with van der Waals surface area (Å²) in [5, 5.41) is 2.35. The fourth-order valence-electron chi connectivity index (χ4n) is 16.4. The minimum Gasteiger partial charge on any atom is -0.382 e. The van der Waals surface area contributed by atoms with Crippen LogP contribution < -0.4 is 9.80 Å². The Balaban J connectivity index is 0.879. The van der Waals surface area contributed by atoms with E-state index in [0.717, 1.165) is 104 Å². The monoisotopic (exact) mass is 1390 g/mol. The molecule has 11 nitrogen and oxygen atoms in total. The molecule has 0 saturated heterocycles. The second-order valence-electron chi connectivity index (χ2n) is 27.2. The number of para-hydroxylation sites is 3. The van der Waals surface area contributed by atoms with Gasteiger partial charge in [0, 0.05) is 116 Å². The van der Waals surface area contributed by atoms with E-state index in [1.807, 2.05) is 0 Å². The smallest absolute Gasteiger partial charge is 0.0700 e. The summed E-state index contributed by atoms with van der Waals surface area (Å²) >= 11 is 0. The molecule has 2 aliphatic carbocycles. The molecule has 0 bridgehead atoms. The first-order chi connectivity index (χ1) is 51.9. The number of nitrogens with zero attached hydrogens (tertiary/aromatic N) is 3. The average Bonchev–Trinajstić information content (AvgIpc) is 1.59. The number of rotatable bonds is 34. The molecule has 0 unspecified atom stereocenters. The molecule has 13 aromatic rings. The van der Waals surface area contributed by atoms with Crippen LogP contribution in [-0.4, -0.2) is 112 Å². The van der Waals surface area contributed by atoms with Crippen molar-refractivity contribution in [3.8, 4) is 61.3 Å². The van der Waals surface area contributed by atoms with Gasteiger partial charge in [-0.3, -0.25) is 0 Å². The lowest BCUT2D eigenvalue weighted by molar-refractivity contribution is 0.0490. The summed E-state index contributed by atoms with van der Waals surface area (Å²) in [6.07, 6.45) is 2.99. The molecular formula is C94H91N3O8. The Labute approximate surface area is 617 Å². The lowest BCUT2D eigenvalue weighted by Crippen LogP contribution is -2.30. The average molecular weight is 1390 g/mol. The van der Waals surface area contributed by atoms with E-state index < -0.39 is 10.8 Å². The summed E-state index contributed by atoms with van der Waals surface area (Å²) < 4.78 is 50.0. The van der Waals surface area contributed by atoms with Gasteiger partial charge in [0.05, 0.1) is 69.6 Å². The Morgan fingerprint density at radius 2 is 0.657 bits per heavy atom. The Hall–Kier alpha value is -10.3. The molecule has 0 N–H and O–H groups in total. The Morgan fingerprint density at radius 1 is 0.257 bits per heavy atom. The van der Waals surface area contributed by atoms with Gasteiger partial charge in [-0.1, -0.05) is 188 Å². The first-order valence-electron chi connectivity index (χ1n) is 36.8. The van der Waals surface area contributed by atoms with Gasteiger partial charge >= 0.3 is 0 Å². The molecule has 2 aliphatic rings.